The Balaban J connectivity index is 2.68. The van der Waals surface area contributed by atoms with E-state index in [1.807, 2.05) is 0 Å². The monoisotopic (exact) mass is 117 g/mol. The summed E-state index contributed by atoms with van der Waals surface area (Å²) in [6, 6.07) is 1.44. The van der Waals surface area contributed by atoms with Crippen LogP contribution in [0.4, 0.5) is 0 Å². The lowest BCUT2D eigenvalue weighted by Crippen LogP contribution is -2.17. The summed E-state index contributed by atoms with van der Waals surface area (Å²) in [5, 5.41) is 0. The highest BCUT2D eigenvalue weighted by atomic mass is 28.2. The summed E-state index contributed by atoms with van der Waals surface area (Å²) < 4.78 is 0. The summed E-state index contributed by atoms with van der Waals surface area (Å²) in [5.41, 5.74) is 0. The Morgan fingerprint density at radius 3 is 2.14 bits per heavy atom. The van der Waals surface area contributed by atoms with E-state index in [9.17, 15) is 0 Å². The molecule has 44 valence electrons. The molecule has 2 heteroatoms. The molecule has 0 heterocycles. The first kappa shape index (κ1) is 7.18. The standard InChI is InChI=1S/C5H15NSi/c1-4-7-5-6(2)3/h4-5,7H2,1-3H3. The second-order valence-corrected chi connectivity index (χ2v) is 4.31. The van der Waals surface area contributed by atoms with Crippen LogP contribution in [0.25, 0.3) is 0 Å². The Morgan fingerprint density at radius 1 is 1.43 bits per heavy atom. The van der Waals surface area contributed by atoms with Gasteiger partial charge in [-0.05, 0) is 20.3 Å². The third-order valence-corrected chi connectivity index (χ3v) is 2.88. The molecule has 0 aromatic carbocycles. The first-order valence-corrected chi connectivity index (χ1v) is 4.92. The zero-order chi connectivity index (χ0) is 5.70. The van der Waals surface area contributed by atoms with Gasteiger partial charge in [-0.25, -0.2) is 0 Å². The van der Waals surface area contributed by atoms with Crippen LogP contribution in [0.5, 0.6) is 0 Å². The van der Waals surface area contributed by atoms with Crippen molar-refractivity contribution in [2.45, 2.75) is 13.0 Å². The topological polar surface area (TPSA) is 3.24 Å². The van der Waals surface area contributed by atoms with Crippen molar-refractivity contribution in [2.24, 2.45) is 0 Å². The fourth-order valence-corrected chi connectivity index (χ4v) is 1.42. The molecule has 0 aromatic heterocycles. The molecule has 0 spiro atoms. The normalized spacial score (nSPS) is 12.0. The van der Waals surface area contributed by atoms with Crippen LogP contribution in [0.15, 0.2) is 0 Å². The predicted octanol–water partition coefficient (Wildman–Crippen LogP) is 0.112. The Hall–Kier alpha value is 0.177. The van der Waals surface area contributed by atoms with Crippen molar-refractivity contribution in [1.29, 1.82) is 0 Å². The van der Waals surface area contributed by atoms with Gasteiger partial charge in [-0.3, -0.25) is 0 Å². The van der Waals surface area contributed by atoms with E-state index in [0.717, 1.165) is 0 Å². The van der Waals surface area contributed by atoms with E-state index in [1.54, 1.807) is 0 Å². The fourth-order valence-electron chi connectivity index (χ4n) is 0.474. The molecule has 0 rings (SSSR count). The molecule has 0 amide bonds. The van der Waals surface area contributed by atoms with Crippen molar-refractivity contribution in [3.8, 4) is 0 Å². The number of nitrogens with zero attached hydrogens (tertiary/aromatic N) is 1. The second-order valence-electron chi connectivity index (χ2n) is 2.16. The molecule has 0 unspecified atom stereocenters. The van der Waals surface area contributed by atoms with Crippen LogP contribution >= 0.6 is 0 Å². The maximum Gasteiger partial charge on any atom is 0.0365 e. The molecule has 0 saturated heterocycles. The highest BCUT2D eigenvalue weighted by Gasteiger charge is 1.84. The average molecular weight is 117 g/mol. The van der Waals surface area contributed by atoms with Crippen LogP contribution in [-0.4, -0.2) is 34.7 Å². The van der Waals surface area contributed by atoms with Crippen LogP contribution in [0.2, 0.25) is 6.04 Å². The summed E-state index contributed by atoms with van der Waals surface area (Å²) in [6.07, 6.45) is 1.37. The Bertz CT molecular complexity index is 37.1. The highest BCUT2D eigenvalue weighted by Crippen LogP contribution is 1.75. The van der Waals surface area contributed by atoms with Crippen LogP contribution in [-0.2, 0) is 0 Å². The lowest BCUT2D eigenvalue weighted by molar-refractivity contribution is 0.477. The molecule has 1 nitrogen and oxygen atoms in total. The van der Waals surface area contributed by atoms with Gasteiger partial charge in [-0.15, -0.1) is 0 Å². The lowest BCUT2D eigenvalue weighted by Gasteiger charge is -2.05. The van der Waals surface area contributed by atoms with Crippen molar-refractivity contribution in [1.82, 2.24) is 4.90 Å². The number of hydrogen-bond donors (Lipinski definition) is 0. The van der Waals surface area contributed by atoms with Gasteiger partial charge >= 0.3 is 0 Å². The summed E-state index contributed by atoms with van der Waals surface area (Å²) in [5.74, 6) is 0. The molecule has 0 fully saturated rings. The zero-order valence-electron chi connectivity index (χ0n) is 5.57. The van der Waals surface area contributed by atoms with Crippen LogP contribution in [0.3, 0.4) is 0 Å². The van der Waals surface area contributed by atoms with Gasteiger partial charge in [0.1, 0.15) is 0 Å². The molecule has 0 N–H and O–H groups in total. The molecule has 0 saturated carbocycles. The minimum Gasteiger partial charge on any atom is -0.313 e. The first-order chi connectivity index (χ1) is 3.27. The molecule has 0 aromatic rings. The van der Waals surface area contributed by atoms with Crippen LogP contribution < -0.4 is 0 Å². The predicted molar refractivity (Wildman–Crippen MR) is 37.6 cm³/mol. The summed E-state index contributed by atoms with van der Waals surface area (Å²) in [4.78, 5) is 2.27. The fraction of sp³-hybridized carbons (Fsp3) is 1.00. The van der Waals surface area contributed by atoms with E-state index >= 15 is 0 Å². The molecule has 7 heavy (non-hydrogen) atoms. The van der Waals surface area contributed by atoms with Gasteiger partial charge in [0.15, 0.2) is 0 Å². The molecule has 0 aliphatic heterocycles. The minimum absolute atomic E-state index is 0.300. The van der Waals surface area contributed by atoms with Crippen molar-refractivity contribution in [3.05, 3.63) is 0 Å². The van der Waals surface area contributed by atoms with Gasteiger partial charge in [0, 0.05) is 9.52 Å². The van der Waals surface area contributed by atoms with Crippen LogP contribution in [0.1, 0.15) is 6.92 Å². The van der Waals surface area contributed by atoms with E-state index in [4.69, 9.17) is 0 Å². The van der Waals surface area contributed by atoms with Gasteiger partial charge in [0.25, 0.3) is 0 Å². The van der Waals surface area contributed by atoms with Gasteiger partial charge in [0.05, 0.1) is 0 Å². The molecule has 0 aliphatic rings. The van der Waals surface area contributed by atoms with E-state index in [2.05, 4.69) is 25.9 Å². The van der Waals surface area contributed by atoms with Gasteiger partial charge in [-0.1, -0.05) is 13.0 Å². The largest absolute Gasteiger partial charge is 0.313 e. The molecule has 0 atom stereocenters. The summed E-state index contributed by atoms with van der Waals surface area (Å²) >= 11 is 0. The minimum atomic E-state index is 0.300. The highest BCUT2D eigenvalue weighted by molar-refractivity contribution is 6.35. The third-order valence-electron chi connectivity index (χ3n) is 0.959. The lowest BCUT2D eigenvalue weighted by atomic mass is 11.0. The van der Waals surface area contributed by atoms with E-state index < -0.39 is 0 Å². The Labute approximate surface area is 48.5 Å². The molecule has 0 bridgehead atoms. The molecule has 0 radical (unpaired) electrons. The second kappa shape index (κ2) is 4.34. The SMILES string of the molecule is CC[SiH2]CN(C)C. The van der Waals surface area contributed by atoms with Crippen molar-refractivity contribution >= 4 is 9.52 Å². The molecular weight excluding hydrogens is 102 g/mol. The summed E-state index contributed by atoms with van der Waals surface area (Å²) in [6.45, 7) is 2.27. The Kier molecular flexibility index (Phi) is 4.45. The number of hydrogen-bond acceptors (Lipinski definition) is 1. The van der Waals surface area contributed by atoms with Crippen LogP contribution in [0, 0.1) is 0 Å². The van der Waals surface area contributed by atoms with Crippen molar-refractivity contribution in [3.63, 3.8) is 0 Å². The quantitative estimate of drug-likeness (QED) is 0.474. The third kappa shape index (κ3) is 6.18. The first-order valence-electron chi connectivity index (χ1n) is 2.92. The molecular formula is C5H15NSi. The van der Waals surface area contributed by atoms with Gasteiger partial charge < -0.3 is 4.90 Å². The summed E-state index contributed by atoms with van der Waals surface area (Å²) in [7, 11) is 4.58. The van der Waals surface area contributed by atoms with Crippen molar-refractivity contribution < 1.29 is 0 Å². The smallest absolute Gasteiger partial charge is 0.0365 e. The van der Waals surface area contributed by atoms with E-state index in [0.29, 0.717) is 9.52 Å². The molecule has 0 aliphatic carbocycles. The van der Waals surface area contributed by atoms with Gasteiger partial charge in [-0.2, -0.15) is 0 Å². The zero-order valence-corrected chi connectivity index (χ0v) is 6.98. The maximum atomic E-state index is 2.27. The van der Waals surface area contributed by atoms with Crippen molar-refractivity contribution in [2.75, 3.05) is 20.3 Å². The maximum absolute atomic E-state index is 2.27. The van der Waals surface area contributed by atoms with E-state index in [-0.39, 0.29) is 0 Å². The Morgan fingerprint density at radius 2 is 2.00 bits per heavy atom. The number of rotatable bonds is 3. The average Bonchev–Trinajstić information content (AvgIpc) is 1.61. The van der Waals surface area contributed by atoms with Gasteiger partial charge in [0.2, 0.25) is 0 Å². The van der Waals surface area contributed by atoms with E-state index in [1.165, 1.54) is 12.2 Å².